The minimum atomic E-state index is -1.52. The number of nitrogen functional groups attached to an aromatic ring is 1. The van der Waals surface area contributed by atoms with Gasteiger partial charge in [0.05, 0.1) is 0 Å². The molecule has 2 N–H and O–H groups in total. The highest BCUT2D eigenvalue weighted by atomic mass is 28.4. The fourth-order valence-corrected chi connectivity index (χ4v) is 3.59. The topological polar surface area (TPSA) is 35.2 Å². The Morgan fingerprint density at radius 3 is 2.33 bits per heavy atom. The van der Waals surface area contributed by atoms with E-state index >= 15 is 0 Å². The summed E-state index contributed by atoms with van der Waals surface area (Å²) in [6, 6.07) is 8.90. The third-order valence-corrected chi connectivity index (χ3v) is 4.75. The zero-order valence-electron chi connectivity index (χ0n) is 9.92. The van der Waals surface area contributed by atoms with Gasteiger partial charge >= 0.3 is 0 Å². The van der Waals surface area contributed by atoms with Crippen LogP contribution in [0.15, 0.2) is 24.3 Å². The smallest absolute Gasteiger partial charge is 0.245 e. The van der Waals surface area contributed by atoms with Gasteiger partial charge in [0, 0.05) is 5.69 Å². The SMILES string of the molecule is CCCC[Si](C)(C)Oc1ccc(N)cc1. The summed E-state index contributed by atoms with van der Waals surface area (Å²) in [6.07, 6.45) is 2.50. The van der Waals surface area contributed by atoms with Crippen LogP contribution in [0.1, 0.15) is 19.8 Å². The van der Waals surface area contributed by atoms with E-state index in [-0.39, 0.29) is 0 Å². The molecule has 0 amide bonds. The molecule has 0 atom stereocenters. The van der Waals surface area contributed by atoms with Gasteiger partial charge in [0.15, 0.2) is 0 Å². The van der Waals surface area contributed by atoms with Crippen molar-refractivity contribution in [1.29, 1.82) is 0 Å². The van der Waals surface area contributed by atoms with Crippen molar-refractivity contribution >= 4 is 14.0 Å². The predicted octanol–water partition coefficient (Wildman–Crippen LogP) is 3.65. The van der Waals surface area contributed by atoms with E-state index in [1.807, 2.05) is 24.3 Å². The van der Waals surface area contributed by atoms with Gasteiger partial charge in [0.2, 0.25) is 8.32 Å². The van der Waals surface area contributed by atoms with Gasteiger partial charge in [-0.15, -0.1) is 0 Å². The highest BCUT2D eigenvalue weighted by Gasteiger charge is 2.23. The summed E-state index contributed by atoms with van der Waals surface area (Å²) in [5.74, 6) is 0.956. The summed E-state index contributed by atoms with van der Waals surface area (Å²) in [7, 11) is -1.52. The van der Waals surface area contributed by atoms with Gasteiger partial charge in [0.1, 0.15) is 5.75 Å². The monoisotopic (exact) mass is 223 g/mol. The fourth-order valence-electron chi connectivity index (χ4n) is 1.51. The molecule has 3 heteroatoms. The largest absolute Gasteiger partial charge is 0.544 e. The van der Waals surface area contributed by atoms with Crippen molar-refractivity contribution < 1.29 is 4.43 Å². The zero-order valence-corrected chi connectivity index (χ0v) is 10.9. The third-order valence-electron chi connectivity index (χ3n) is 2.41. The fraction of sp³-hybridized carbons (Fsp3) is 0.500. The number of unbranched alkanes of at least 4 members (excludes halogenated alkanes) is 1. The van der Waals surface area contributed by atoms with Gasteiger partial charge in [0.25, 0.3) is 0 Å². The van der Waals surface area contributed by atoms with Crippen LogP contribution in [-0.2, 0) is 0 Å². The van der Waals surface area contributed by atoms with Crippen LogP contribution in [0.2, 0.25) is 19.1 Å². The maximum absolute atomic E-state index is 6.04. The van der Waals surface area contributed by atoms with E-state index in [9.17, 15) is 0 Å². The van der Waals surface area contributed by atoms with E-state index in [0.29, 0.717) is 0 Å². The van der Waals surface area contributed by atoms with Gasteiger partial charge < -0.3 is 10.2 Å². The lowest BCUT2D eigenvalue weighted by atomic mass is 10.3. The third kappa shape index (κ3) is 4.38. The van der Waals surface area contributed by atoms with E-state index in [2.05, 4.69) is 20.0 Å². The summed E-state index contributed by atoms with van der Waals surface area (Å²) >= 11 is 0. The molecule has 0 spiro atoms. The molecular weight excluding hydrogens is 202 g/mol. The highest BCUT2D eigenvalue weighted by molar-refractivity contribution is 6.71. The number of anilines is 1. The van der Waals surface area contributed by atoms with Crippen molar-refractivity contribution in [3.63, 3.8) is 0 Å². The lowest BCUT2D eigenvalue weighted by molar-refractivity contribution is 0.542. The highest BCUT2D eigenvalue weighted by Crippen LogP contribution is 2.21. The quantitative estimate of drug-likeness (QED) is 0.611. The molecule has 1 rings (SSSR count). The van der Waals surface area contributed by atoms with Crippen molar-refractivity contribution in [2.24, 2.45) is 0 Å². The lowest BCUT2D eigenvalue weighted by Gasteiger charge is -2.24. The second kappa shape index (κ2) is 5.21. The first-order valence-corrected chi connectivity index (χ1v) is 8.69. The molecule has 15 heavy (non-hydrogen) atoms. The summed E-state index contributed by atoms with van der Waals surface area (Å²) < 4.78 is 6.04. The Labute approximate surface area is 93.6 Å². The second-order valence-corrected chi connectivity index (χ2v) is 8.76. The molecule has 0 aliphatic carbocycles. The summed E-state index contributed by atoms with van der Waals surface area (Å²) in [5, 5.41) is 0. The molecule has 0 saturated carbocycles. The number of benzene rings is 1. The number of hydrogen-bond donors (Lipinski definition) is 1. The number of nitrogens with two attached hydrogens (primary N) is 1. The van der Waals surface area contributed by atoms with Crippen LogP contribution in [0.4, 0.5) is 5.69 Å². The van der Waals surface area contributed by atoms with E-state index in [4.69, 9.17) is 10.2 Å². The Kier molecular flexibility index (Phi) is 4.21. The van der Waals surface area contributed by atoms with Crippen LogP contribution in [-0.4, -0.2) is 8.32 Å². The van der Waals surface area contributed by atoms with Gasteiger partial charge in [-0.2, -0.15) is 0 Å². The average molecular weight is 223 g/mol. The van der Waals surface area contributed by atoms with Gasteiger partial charge in [-0.3, -0.25) is 0 Å². The van der Waals surface area contributed by atoms with Gasteiger partial charge in [-0.05, 0) is 43.4 Å². The van der Waals surface area contributed by atoms with E-state index in [1.54, 1.807) is 0 Å². The van der Waals surface area contributed by atoms with Crippen molar-refractivity contribution in [2.75, 3.05) is 5.73 Å². The molecular formula is C12H21NOSi. The maximum Gasteiger partial charge on any atom is 0.245 e. The Balaban J connectivity index is 2.56. The normalized spacial score (nSPS) is 11.4. The molecule has 0 saturated heterocycles. The van der Waals surface area contributed by atoms with Crippen molar-refractivity contribution in [2.45, 2.75) is 38.9 Å². The van der Waals surface area contributed by atoms with Gasteiger partial charge in [-0.1, -0.05) is 19.8 Å². The molecule has 0 heterocycles. The molecule has 0 bridgehead atoms. The zero-order chi connectivity index (χ0) is 11.3. The molecule has 84 valence electrons. The van der Waals surface area contributed by atoms with Crippen LogP contribution >= 0.6 is 0 Å². The first-order chi connectivity index (χ1) is 7.03. The molecule has 1 aromatic rings. The minimum absolute atomic E-state index is 0.787. The van der Waals surface area contributed by atoms with Gasteiger partial charge in [-0.25, -0.2) is 0 Å². The molecule has 0 unspecified atom stereocenters. The standard InChI is InChI=1S/C12H21NOSi/c1-4-5-10-15(2,3)14-12-8-6-11(13)7-9-12/h6-9H,4-5,10,13H2,1-3H3. The molecule has 2 nitrogen and oxygen atoms in total. The summed E-state index contributed by atoms with van der Waals surface area (Å²) in [4.78, 5) is 0. The Morgan fingerprint density at radius 2 is 1.80 bits per heavy atom. The first-order valence-electron chi connectivity index (χ1n) is 5.58. The number of rotatable bonds is 5. The van der Waals surface area contributed by atoms with Crippen LogP contribution in [0.5, 0.6) is 5.75 Å². The van der Waals surface area contributed by atoms with Crippen molar-refractivity contribution in [3.8, 4) is 5.75 Å². The molecule has 0 fully saturated rings. The van der Waals surface area contributed by atoms with E-state index in [0.717, 1.165) is 11.4 Å². The predicted molar refractivity (Wildman–Crippen MR) is 68.7 cm³/mol. The molecule has 1 aromatic carbocycles. The van der Waals surface area contributed by atoms with E-state index < -0.39 is 8.32 Å². The number of hydrogen-bond acceptors (Lipinski definition) is 2. The molecule has 0 aromatic heterocycles. The first kappa shape index (κ1) is 12.1. The van der Waals surface area contributed by atoms with Crippen LogP contribution < -0.4 is 10.2 Å². The van der Waals surface area contributed by atoms with Crippen LogP contribution in [0.3, 0.4) is 0 Å². The van der Waals surface area contributed by atoms with Crippen LogP contribution in [0.25, 0.3) is 0 Å². The Bertz CT molecular complexity index is 295. The Morgan fingerprint density at radius 1 is 1.20 bits per heavy atom. The maximum atomic E-state index is 6.04. The van der Waals surface area contributed by atoms with Crippen LogP contribution in [0, 0.1) is 0 Å². The Hall–Kier alpha value is -0.963. The molecule has 0 aliphatic heterocycles. The van der Waals surface area contributed by atoms with E-state index in [1.165, 1.54) is 18.9 Å². The minimum Gasteiger partial charge on any atom is -0.544 e. The summed E-state index contributed by atoms with van der Waals surface area (Å²) in [6.45, 7) is 6.74. The average Bonchev–Trinajstić information content (AvgIpc) is 2.18. The molecule has 0 aliphatic rings. The summed E-state index contributed by atoms with van der Waals surface area (Å²) in [5.41, 5.74) is 6.41. The molecule has 0 radical (unpaired) electrons. The second-order valence-electron chi connectivity index (χ2n) is 4.53. The van der Waals surface area contributed by atoms with Crippen molar-refractivity contribution in [1.82, 2.24) is 0 Å². The lowest BCUT2D eigenvalue weighted by Crippen LogP contribution is -2.33. The van der Waals surface area contributed by atoms with Crippen molar-refractivity contribution in [3.05, 3.63) is 24.3 Å².